The van der Waals surface area contributed by atoms with Crippen molar-refractivity contribution in [2.75, 3.05) is 19.6 Å². The molecule has 3 N–H and O–H groups in total. The van der Waals surface area contributed by atoms with Crippen LogP contribution in [-0.4, -0.2) is 19.6 Å². The molecule has 15 heavy (non-hydrogen) atoms. The van der Waals surface area contributed by atoms with Crippen LogP contribution in [0.25, 0.3) is 0 Å². The number of hydrogen-bond acceptors (Lipinski definition) is 2. The second-order valence-electron chi connectivity index (χ2n) is 5.62. The van der Waals surface area contributed by atoms with Crippen LogP contribution < -0.4 is 11.1 Å². The van der Waals surface area contributed by atoms with Gasteiger partial charge in [0, 0.05) is 0 Å². The van der Waals surface area contributed by atoms with Crippen molar-refractivity contribution in [3.63, 3.8) is 0 Å². The lowest BCUT2D eigenvalue weighted by atomic mass is 9.92. The van der Waals surface area contributed by atoms with Crippen LogP contribution in [0.1, 0.15) is 59.3 Å². The molecule has 0 aliphatic carbocycles. The van der Waals surface area contributed by atoms with Gasteiger partial charge in [0.25, 0.3) is 0 Å². The van der Waals surface area contributed by atoms with E-state index >= 15 is 0 Å². The lowest BCUT2D eigenvalue weighted by molar-refractivity contribution is 0.366. The topological polar surface area (TPSA) is 38.0 Å². The van der Waals surface area contributed by atoms with E-state index in [0.717, 1.165) is 13.1 Å². The highest BCUT2D eigenvalue weighted by Gasteiger charge is 2.08. The van der Waals surface area contributed by atoms with Crippen molar-refractivity contribution in [2.45, 2.75) is 59.3 Å². The number of nitrogens with one attached hydrogen (secondary N) is 1. The average Bonchev–Trinajstić information content (AvgIpc) is 2.14. The summed E-state index contributed by atoms with van der Waals surface area (Å²) in [6.45, 7) is 10.1. The van der Waals surface area contributed by atoms with Gasteiger partial charge in [0.1, 0.15) is 0 Å². The highest BCUT2D eigenvalue weighted by molar-refractivity contribution is 4.62. The summed E-state index contributed by atoms with van der Waals surface area (Å²) in [7, 11) is 0. The fraction of sp³-hybridized carbons (Fsp3) is 1.00. The third kappa shape index (κ3) is 13.9. The average molecular weight is 214 g/mol. The Balaban J connectivity index is 2.99. The van der Waals surface area contributed by atoms with Gasteiger partial charge < -0.3 is 11.1 Å². The number of unbranched alkanes of at least 4 members (excludes halogenated alkanes) is 4. The molecular weight excluding hydrogens is 184 g/mol. The van der Waals surface area contributed by atoms with Crippen molar-refractivity contribution in [3.8, 4) is 0 Å². The van der Waals surface area contributed by atoms with Crippen LogP contribution in [0, 0.1) is 5.41 Å². The standard InChI is InChI=1S/C13H30N2/c1-13(2,3)9-12-15-11-8-6-4-5-7-10-14/h15H,4-12,14H2,1-3H3. The monoisotopic (exact) mass is 214 g/mol. The molecule has 0 unspecified atom stereocenters. The first-order chi connectivity index (χ1) is 7.06. The summed E-state index contributed by atoms with van der Waals surface area (Å²) in [5, 5.41) is 3.51. The third-order valence-electron chi connectivity index (χ3n) is 2.61. The van der Waals surface area contributed by atoms with Crippen LogP contribution in [0.4, 0.5) is 0 Å². The summed E-state index contributed by atoms with van der Waals surface area (Å²) < 4.78 is 0. The van der Waals surface area contributed by atoms with Gasteiger partial charge in [0.2, 0.25) is 0 Å². The van der Waals surface area contributed by atoms with Gasteiger partial charge in [-0.05, 0) is 44.3 Å². The van der Waals surface area contributed by atoms with E-state index in [0.29, 0.717) is 5.41 Å². The molecule has 0 aromatic carbocycles. The Hall–Kier alpha value is -0.0800. The minimum absolute atomic E-state index is 0.466. The lowest BCUT2D eigenvalue weighted by Gasteiger charge is -2.17. The zero-order valence-electron chi connectivity index (χ0n) is 10.9. The predicted molar refractivity (Wildman–Crippen MR) is 69.1 cm³/mol. The van der Waals surface area contributed by atoms with Gasteiger partial charge in [-0.3, -0.25) is 0 Å². The highest BCUT2D eigenvalue weighted by Crippen LogP contribution is 2.16. The molecule has 0 saturated heterocycles. The van der Waals surface area contributed by atoms with E-state index in [-0.39, 0.29) is 0 Å². The second kappa shape index (κ2) is 9.17. The maximum absolute atomic E-state index is 5.44. The molecule has 0 amide bonds. The third-order valence-corrected chi connectivity index (χ3v) is 2.61. The van der Waals surface area contributed by atoms with Crippen LogP contribution in [0.15, 0.2) is 0 Å². The summed E-state index contributed by atoms with van der Waals surface area (Å²) >= 11 is 0. The zero-order chi connectivity index (χ0) is 11.6. The zero-order valence-corrected chi connectivity index (χ0v) is 10.9. The van der Waals surface area contributed by atoms with Crippen molar-refractivity contribution in [1.82, 2.24) is 5.32 Å². The molecule has 0 fully saturated rings. The predicted octanol–water partition coefficient (Wildman–Crippen LogP) is 2.92. The van der Waals surface area contributed by atoms with Gasteiger partial charge in [0.15, 0.2) is 0 Å². The van der Waals surface area contributed by atoms with Crippen molar-refractivity contribution in [1.29, 1.82) is 0 Å². The minimum Gasteiger partial charge on any atom is -0.330 e. The maximum atomic E-state index is 5.44. The first-order valence-corrected chi connectivity index (χ1v) is 6.47. The van der Waals surface area contributed by atoms with E-state index in [1.165, 1.54) is 45.1 Å². The quantitative estimate of drug-likeness (QED) is 0.579. The Morgan fingerprint density at radius 2 is 1.47 bits per heavy atom. The van der Waals surface area contributed by atoms with Gasteiger partial charge >= 0.3 is 0 Å². The number of nitrogens with two attached hydrogens (primary N) is 1. The van der Waals surface area contributed by atoms with E-state index in [2.05, 4.69) is 26.1 Å². The molecule has 0 atom stereocenters. The van der Waals surface area contributed by atoms with Gasteiger partial charge in [-0.1, -0.05) is 40.0 Å². The molecule has 0 rings (SSSR count). The van der Waals surface area contributed by atoms with Crippen LogP contribution in [-0.2, 0) is 0 Å². The van der Waals surface area contributed by atoms with E-state index in [1.54, 1.807) is 0 Å². The van der Waals surface area contributed by atoms with Crippen molar-refractivity contribution in [3.05, 3.63) is 0 Å². The molecule has 0 aliphatic heterocycles. The molecule has 2 nitrogen and oxygen atoms in total. The van der Waals surface area contributed by atoms with E-state index in [9.17, 15) is 0 Å². The van der Waals surface area contributed by atoms with Gasteiger partial charge in [-0.2, -0.15) is 0 Å². The van der Waals surface area contributed by atoms with E-state index in [1.807, 2.05) is 0 Å². The molecule has 2 heteroatoms. The number of rotatable bonds is 9. The van der Waals surface area contributed by atoms with Gasteiger partial charge in [0.05, 0.1) is 0 Å². The largest absolute Gasteiger partial charge is 0.330 e. The molecule has 0 saturated carbocycles. The Labute approximate surface area is 96.0 Å². The van der Waals surface area contributed by atoms with Crippen LogP contribution >= 0.6 is 0 Å². The molecule has 92 valence electrons. The van der Waals surface area contributed by atoms with Crippen LogP contribution in [0.2, 0.25) is 0 Å². The van der Waals surface area contributed by atoms with Crippen LogP contribution in [0.5, 0.6) is 0 Å². The van der Waals surface area contributed by atoms with Crippen molar-refractivity contribution in [2.24, 2.45) is 11.1 Å². The summed E-state index contributed by atoms with van der Waals surface area (Å²) in [6.07, 6.45) is 7.77. The van der Waals surface area contributed by atoms with Gasteiger partial charge in [-0.25, -0.2) is 0 Å². The summed E-state index contributed by atoms with van der Waals surface area (Å²) in [5.41, 5.74) is 5.90. The number of hydrogen-bond donors (Lipinski definition) is 2. The first kappa shape index (κ1) is 14.9. The summed E-state index contributed by atoms with van der Waals surface area (Å²) in [4.78, 5) is 0. The van der Waals surface area contributed by atoms with Crippen LogP contribution in [0.3, 0.4) is 0 Å². The normalized spacial score (nSPS) is 12.0. The lowest BCUT2D eigenvalue weighted by Crippen LogP contribution is -2.21. The molecule has 0 aromatic heterocycles. The maximum Gasteiger partial charge on any atom is -0.00439 e. The second-order valence-corrected chi connectivity index (χ2v) is 5.62. The molecule has 0 radical (unpaired) electrons. The SMILES string of the molecule is CC(C)(C)CCNCCCCCCCN. The first-order valence-electron chi connectivity index (χ1n) is 6.47. The van der Waals surface area contributed by atoms with Crippen molar-refractivity contribution < 1.29 is 0 Å². The molecule has 0 spiro atoms. The minimum atomic E-state index is 0.466. The Morgan fingerprint density at radius 1 is 0.867 bits per heavy atom. The molecular formula is C13H30N2. The molecule has 0 aliphatic rings. The Kier molecular flexibility index (Phi) is 9.12. The fourth-order valence-electron chi connectivity index (χ4n) is 1.51. The Bertz CT molecular complexity index is 127. The van der Waals surface area contributed by atoms with E-state index in [4.69, 9.17) is 5.73 Å². The summed E-state index contributed by atoms with van der Waals surface area (Å²) in [6, 6.07) is 0. The molecule has 0 aromatic rings. The highest BCUT2D eigenvalue weighted by atomic mass is 14.8. The smallest absolute Gasteiger partial charge is 0.00439 e. The fourth-order valence-corrected chi connectivity index (χ4v) is 1.51. The molecule has 0 heterocycles. The molecule has 0 bridgehead atoms. The van der Waals surface area contributed by atoms with E-state index < -0.39 is 0 Å². The van der Waals surface area contributed by atoms with Gasteiger partial charge in [-0.15, -0.1) is 0 Å². The summed E-state index contributed by atoms with van der Waals surface area (Å²) in [5.74, 6) is 0. The Morgan fingerprint density at radius 3 is 2.07 bits per heavy atom. The van der Waals surface area contributed by atoms with Crippen molar-refractivity contribution >= 4 is 0 Å².